The van der Waals surface area contributed by atoms with Gasteiger partial charge in [0.2, 0.25) is 5.75 Å². The molecule has 1 aromatic heterocycles. The maximum absolute atomic E-state index is 13.1. The second kappa shape index (κ2) is 9.38. The molecule has 0 spiro atoms. The van der Waals surface area contributed by atoms with Crippen LogP contribution in [0.5, 0.6) is 17.2 Å². The molecular weight excluding hydrogens is 458 g/mol. The molecule has 2 aromatic carbocycles. The first-order valence-electron chi connectivity index (χ1n) is 10.7. The Labute approximate surface area is 198 Å². The number of sulfone groups is 1. The van der Waals surface area contributed by atoms with E-state index in [1.165, 1.54) is 21.3 Å². The SMILES string of the molecule is COc1cc(NC(=O)c2cc(-c3ccc(C)cc3)n(C3CCS(=O)(=O)C3)n2)cc(OC)c1OC. The van der Waals surface area contributed by atoms with E-state index in [1.807, 2.05) is 31.2 Å². The van der Waals surface area contributed by atoms with Gasteiger partial charge in [0.25, 0.3) is 5.91 Å². The minimum Gasteiger partial charge on any atom is -0.493 e. The summed E-state index contributed by atoms with van der Waals surface area (Å²) in [5.41, 5.74) is 3.26. The monoisotopic (exact) mass is 485 g/mol. The third-order valence-corrected chi connectivity index (χ3v) is 7.54. The molecule has 34 heavy (non-hydrogen) atoms. The third-order valence-electron chi connectivity index (χ3n) is 5.79. The molecule has 1 unspecified atom stereocenters. The molecule has 10 heteroatoms. The zero-order chi connectivity index (χ0) is 24.5. The van der Waals surface area contributed by atoms with Crippen LogP contribution in [0.2, 0.25) is 0 Å². The number of methoxy groups -OCH3 is 3. The molecular formula is C24H27N3O6S. The summed E-state index contributed by atoms with van der Waals surface area (Å²) in [4.78, 5) is 13.1. The van der Waals surface area contributed by atoms with Gasteiger partial charge in [-0.3, -0.25) is 9.48 Å². The van der Waals surface area contributed by atoms with Gasteiger partial charge in [0, 0.05) is 17.8 Å². The fraction of sp³-hybridized carbons (Fsp3) is 0.333. The maximum atomic E-state index is 13.1. The molecule has 0 aliphatic carbocycles. The van der Waals surface area contributed by atoms with Crippen LogP contribution in [0.15, 0.2) is 42.5 Å². The number of amides is 1. The molecule has 1 saturated heterocycles. The summed E-state index contributed by atoms with van der Waals surface area (Å²) in [7, 11) is 1.36. The molecule has 0 bridgehead atoms. The van der Waals surface area contributed by atoms with Crippen molar-refractivity contribution < 1.29 is 27.4 Å². The molecule has 0 saturated carbocycles. The Morgan fingerprint density at radius 3 is 2.21 bits per heavy atom. The summed E-state index contributed by atoms with van der Waals surface area (Å²) in [5, 5.41) is 7.34. The molecule has 0 radical (unpaired) electrons. The van der Waals surface area contributed by atoms with Crippen molar-refractivity contribution in [2.75, 3.05) is 38.2 Å². The number of hydrogen-bond donors (Lipinski definition) is 1. The predicted octanol–water partition coefficient (Wildman–Crippen LogP) is 3.50. The molecule has 1 aliphatic rings. The van der Waals surface area contributed by atoms with Gasteiger partial charge in [-0.05, 0) is 25.0 Å². The number of aromatic nitrogens is 2. The largest absolute Gasteiger partial charge is 0.493 e. The van der Waals surface area contributed by atoms with Crippen LogP contribution in [0.25, 0.3) is 11.3 Å². The second-order valence-corrected chi connectivity index (χ2v) is 10.4. The molecule has 1 N–H and O–H groups in total. The van der Waals surface area contributed by atoms with E-state index in [0.717, 1.165) is 11.1 Å². The minimum absolute atomic E-state index is 0.00147. The van der Waals surface area contributed by atoms with E-state index in [4.69, 9.17) is 14.2 Å². The lowest BCUT2D eigenvalue weighted by Crippen LogP contribution is -2.16. The van der Waals surface area contributed by atoms with Gasteiger partial charge in [-0.2, -0.15) is 5.10 Å². The van der Waals surface area contributed by atoms with E-state index in [-0.39, 0.29) is 23.2 Å². The van der Waals surface area contributed by atoms with Gasteiger partial charge in [-0.1, -0.05) is 29.8 Å². The van der Waals surface area contributed by atoms with Crippen LogP contribution in [0.4, 0.5) is 5.69 Å². The topological polar surface area (TPSA) is 109 Å². The number of nitrogens with zero attached hydrogens (tertiary/aromatic N) is 2. The van der Waals surface area contributed by atoms with Crippen LogP contribution in [-0.4, -0.2) is 56.9 Å². The number of benzene rings is 2. The molecule has 180 valence electrons. The van der Waals surface area contributed by atoms with Crippen molar-refractivity contribution in [3.05, 3.63) is 53.7 Å². The number of aryl methyl sites for hydroxylation is 1. The van der Waals surface area contributed by atoms with E-state index in [0.29, 0.717) is 35.1 Å². The third kappa shape index (κ3) is 4.72. The smallest absolute Gasteiger partial charge is 0.276 e. The number of carbonyl (C=O) groups is 1. The minimum atomic E-state index is -3.13. The van der Waals surface area contributed by atoms with Crippen molar-refractivity contribution >= 4 is 21.4 Å². The summed E-state index contributed by atoms with van der Waals surface area (Å²) in [6.07, 6.45) is 0.455. The Morgan fingerprint density at radius 2 is 1.68 bits per heavy atom. The fourth-order valence-corrected chi connectivity index (χ4v) is 5.73. The molecule has 2 heterocycles. The fourth-order valence-electron chi connectivity index (χ4n) is 4.04. The van der Waals surface area contributed by atoms with Gasteiger partial charge < -0.3 is 19.5 Å². The average molecular weight is 486 g/mol. The van der Waals surface area contributed by atoms with Crippen LogP contribution < -0.4 is 19.5 Å². The Kier molecular flexibility index (Phi) is 6.52. The number of hydrogen-bond acceptors (Lipinski definition) is 7. The maximum Gasteiger partial charge on any atom is 0.276 e. The average Bonchev–Trinajstić information content (AvgIpc) is 3.42. The van der Waals surface area contributed by atoms with E-state index in [1.54, 1.807) is 22.9 Å². The lowest BCUT2D eigenvalue weighted by molar-refractivity contribution is 0.102. The van der Waals surface area contributed by atoms with E-state index in [9.17, 15) is 13.2 Å². The Balaban J connectivity index is 1.70. The van der Waals surface area contributed by atoms with Crippen LogP contribution in [0, 0.1) is 6.92 Å². The van der Waals surface area contributed by atoms with Gasteiger partial charge >= 0.3 is 0 Å². The van der Waals surface area contributed by atoms with Crippen molar-refractivity contribution in [2.45, 2.75) is 19.4 Å². The van der Waals surface area contributed by atoms with Gasteiger partial charge in [0.1, 0.15) is 0 Å². The normalized spacial score (nSPS) is 16.8. The van der Waals surface area contributed by atoms with Crippen LogP contribution in [-0.2, 0) is 9.84 Å². The Bertz CT molecular complexity index is 1290. The number of nitrogens with one attached hydrogen (secondary N) is 1. The highest BCUT2D eigenvalue weighted by atomic mass is 32.2. The highest BCUT2D eigenvalue weighted by Crippen LogP contribution is 2.40. The highest BCUT2D eigenvalue weighted by molar-refractivity contribution is 7.91. The summed E-state index contributed by atoms with van der Waals surface area (Å²) in [6, 6.07) is 12.4. The summed E-state index contributed by atoms with van der Waals surface area (Å²) < 4.78 is 41.9. The van der Waals surface area contributed by atoms with Crippen molar-refractivity contribution in [1.82, 2.24) is 9.78 Å². The van der Waals surface area contributed by atoms with Crippen molar-refractivity contribution in [3.8, 4) is 28.5 Å². The van der Waals surface area contributed by atoms with Crippen LogP contribution in [0.1, 0.15) is 28.5 Å². The number of ether oxygens (including phenoxy) is 3. The predicted molar refractivity (Wildman–Crippen MR) is 129 cm³/mol. The lowest BCUT2D eigenvalue weighted by Gasteiger charge is -2.14. The molecule has 3 aromatic rings. The molecule has 1 aliphatic heterocycles. The van der Waals surface area contributed by atoms with Gasteiger partial charge in [-0.25, -0.2) is 8.42 Å². The molecule has 1 amide bonds. The first-order chi connectivity index (χ1) is 16.2. The van der Waals surface area contributed by atoms with E-state index < -0.39 is 15.7 Å². The quantitative estimate of drug-likeness (QED) is 0.546. The standard InChI is InChI=1S/C24H27N3O6S/c1-15-5-7-16(8-6-15)20-13-19(26-27(20)18-9-10-34(29,30)14-18)24(28)25-17-11-21(31-2)23(33-4)22(12-17)32-3/h5-8,11-13,18H,9-10,14H2,1-4H3,(H,25,28). The number of rotatable bonds is 7. The lowest BCUT2D eigenvalue weighted by atomic mass is 10.1. The zero-order valence-electron chi connectivity index (χ0n) is 19.5. The number of carbonyl (C=O) groups excluding carboxylic acids is 1. The first kappa shape index (κ1) is 23.6. The number of anilines is 1. The summed E-state index contributed by atoms with van der Waals surface area (Å²) in [6.45, 7) is 1.99. The summed E-state index contributed by atoms with van der Waals surface area (Å²) in [5.74, 6) is 0.885. The van der Waals surface area contributed by atoms with Crippen molar-refractivity contribution in [1.29, 1.82) is 0 Å². The molecule has 1 atom stereocenters. The molecule has 9 nitrogen and oxygen atoms in total. The second-order valence-electron chi connectivity index (χ2n) is 8.15. The highest BCUT2D eigenvalue weighted by Gasteiger charge is 2.32. The molecule has 1 fully saturated rings. The van der Waals surface area contributed by atoms with Gasteiger partial charge in [0.05, 0.1) is 44.6 Å². The zero-order valence-corrected chi connectivity index (χ0v) is 20.3. The van der Waals surface area contributed by atoms with Gasteiger partial charge in [-0.15, -0.1) is 0 Å². The Morgan fingerprint density at radius 1 is 1.03 bits per heavy atom. The van der Waals surface area contributed by atoms with Crippen molar-refractivity contribution in [3.63, 3.8) is 0 Å². The first-order valence-corrected chi connectivity index (χ1v) is 12.5. The van der Waals surface area contributed by atoms with E-state index >= 15 is 0 Å². The summed E-state index contributed by atoms with van der Waals surface area (Å²) >= 11 is 0. The van der Waals surface area contributed by atoms with Gasteiger partial charge in [0.15, 0.2) is 27.0 Å². The van der Waals surface area contributed by atoms with Crippen molar-refractivity contribution in [2.24, 2.45) is 0 Å². The van der Waals surface area contributed by atoms with Crippen LogP contribution >= 0.6 is 0 Å². The Hall–Kier alpha value is -3.53. The van der Waals surface area contributed by atoms with Crippen LogP contribution in [0.3, 0.4) is 0 Å². The van der Waals surface area contributed by atoms with E-state index in [2.05, 4.69) is 10.4 Å². The molecule has 4 rings (SSSR count).